The van der Waals surface area contributed by atoms with Crippen LogP contribution >= 0.6 is 23.2 Å². The molecular formula is C16H21Cl2NO3. The largest absolute Gasteiger partial charge is 0.388 e. The molecule has 0 aromatic heterocycles. The number of carbonyl (C=O) groups excluding carboxylic acids is 1. The molecule has 2 atom stereocenters. The molecule has 1 heterocycles. The third kappa shape index (κ3) is 5.13. The Morgan fingerprint density at radius 3 is 2.50 bits per heavy atom. The predicted molar refractivity (Wildman–Crippen MR) is 87.2 cm³/mol. The lowest BCUT2D eigenvalue weighted by Crippen LogP contribution is -2.40. The number of halogens is 2. The van der Waals surface area contributed by atoms with Gasteiger partial charge in [0.15, 0.2) is 0 Å². The number of benzene rings is 1. The van der Waals surface area contributed by atoms with Crippen molar-refractivity contribution in [1.29, 1.82) is 0 Å². The van der Waals surface area contributed by atoms with E-state index in [1.165, 1.54) is 0 Å². The van der Waals surface area contributed by atoms with E-state index >= 15 is 0 Å². The van der Waals surface area contributed by atoms with Crippen LogP contribution < -0.4 is 5.32 Å². The Kier molecular flexibility index (Phi) is 6.50. The van der Waals surface area contributed by atoms with Crippen LogP contribution in [0.15, 0.2) is 18.2 Å². The van der Waals surface area contributed by atoms with E-state index < -0.39 is 6.10 Å². The second kappa shape index (κ2) is 8.16. The van der Waals surface area contributed by atoms with Gasteiger partial charge in [0.2, 0.25) is 5.91 Å². The molecule has 0 spiro atoms. The van der Waals surface area contributed by atoms with Gasteiger partial charge in [-0.3, -0.25) is 4.79 Å². The molecule has 0 radical (unpaired) electrons. The molecule has 0 saturated carbocycles. The maximum absolute atomic E-state index is 12.1. The molecule has 122 valence electrons. The van der Waals surface area contributed by atoms with Crippen LogP contribution in [0.4, 0.5) is 0 Å². The van der Waals surface area contributed by atoms with Crippen LogP contribution in [0.5, 0.6) is 0 Å². The van der Waals surface area contributed by atoms with Crippen molar-refractivity contribution in [2.75, 3.05) is 13.2 Å². The smallest absolute Gasteiger partial charge is 0.223 e. The Hall–Kier alpha value is -0.810. The average molecular weight is 346 g/mol. The number of carbonyl (C=O) groups is 1. The van der Waals surface area contributed by atoms with Gasteiger partial charge in [0.25, 0.3) is 0 Å². The van der Waals surface area contributed by atoms with Crippen LogP contribution in [-0.4, -0.2) is 30.3 Å². The number of nitrogens with one attached hydrogen (secondary N) is 1. The van der Waals surface area contributed by atoms with Gasteiger partial charge in [-0.2, -0.15) is 0 Å². The Balaban J connectivity index is 1.87. The van der Waals surface area contributed by atoms with Crippen LogP contribution in [0.25, 0.3) is 0 Å². The molecule has 1 saturated heterocycles. The number of aliphatic hydroxyl groups excluding tert-OH is 1. The van der Waals surface area contributed by atoms with Gasteiger partial charge in [0, 0.05) is 29.3 Å². The van der Waals surface area contributed by atoms with Gasteiger partial charge < -0.3 is 15.2 Å². The van der Waals surface area contributed by atoms with Crippen LogP contribution in [0.2, 0.25) is 10.0 Å². The highest BCUT2D eigenvalue weighted by molar-refractivity contribution is 6.34. The molecule has 1 aromatic rings. The fraction of sp³-hybridized carbons (Fsp3) is 0.562. The zero-order valence-electron chi connectivity index (χ0n) is 12.5. The number of rotatable bonds is 5. The van der Waals surface area contributed by atoms with Crippen molar-refractivity contribution < 1.29 is 14.6 Å². The van der Waals surface area contributed by atoms with Gasteiger partial charge in [-0.25, -0.2) is 0 Å². The summed E-state index contributed by atoms with van der Waals surface area (Å²) in [5, 5.41) is 14.0. The van der Waals surface area contributed by atoms with E-state index in [0.717, 1.165) is 26.1 Å². The summed E-state index contributed by atoms with van der Waals surface area (Å²) in [6.07, 6.45) is 0.976. The van der Waals surface area contributed by atoms with Crippen molar-refractivity contribution in [1.82, 2.24) is 5.32 Å². The number of hydrogen-bond acceptors (Lipinski definition) is 3. The van der Waals surface area contributed by atoms with Crippen molar-refractivity contribution in [2.45, 2.75) is 38.3 Å². The molecule has 4 nitrogen and oxygen atoms in total. The Bertz CT molecular complexity index is 498. The van der Waals surface area contributed by atoms with E-state index in [0.29, 0.717) is 21.5 Å². The zero-order valence-corrected chi connectivity index (χ0v) is 14.0. The zero-order chi connectivity index (χ0) is 16.1. The normalized spacial score (nSPS) is 18.7. The molecule has 0 aliphatic carbocycles. The van der Waals surface area contributed by atoms with Gasteiger partial charge in [-0.15, -0.1) is 0 Å². The molecule has 0 bridgehead atoms. The summed E-state index contributed by atoms with van der Waals surface area (Å²) in [7, 11) is 0. The number of aliphatic hydroxyl groups is 1. The van der Waals surface area contributed by atoms with E-state index in [4.69, 9.17) is 27.9 Å². The van der Waals surface area contributed by atoms with Crippen molar-refractivity contribution in [3.05, 3.63) is 33.8 Å². The molecule has 2 rings (SSSR count). The maximum Gasteiger partial charge on any atom is 0.223 e. The van der Waals surface area contributed by atoms with Crippen molar-refractivity contribution >= 4 is 29.1 Å². The summed E-state index contributed by atoms with van der Waals surface area (Å²) in [5.74, 6) is 0.248. The summed E-state index contributed by atoms with van der Waals surface area (Å²) in [4.78, 5) is 12.1. The molecule has 1 amide bonds. The lowest BCUT2D eigenvalue weighted by Gasteiger charge is -2.28. The third-order valence-electron chi connectivity index (χ3n) is 4.01. The first kappa shape index (κ1) is 17.5. The van der Waals surface area contributed by atoms with E-state index in [1.807, 2.05) is 6.92 Å². The Morgan fingerprint density at radius 1 is 1.32 bits per heavy atom. The molecule has 1 fully saturated rings. The average Bonchev–Trinajstić information content (AvgIpc) is 2.47. The third-order valence-corrected chi connectivity index (χ3v) is 4.45. The molecule has 2 unspecified atom stereocenters. The van der Waals surface area contributed by atoms with E-state index in [2.05, 4.69) is 5.32 Å². The molecule has 1 aliphatic heterocycles. The fourth-order valence-electron chi connectivity index (χ4n) is 2.71. The van der Waals surface area contributed by atoms with Crippen molar-refractivity contribution in [2.24, 2.45) is 5.92 Å². The number of ether oxygens (including phenoxy) is 1. The van der Waals surface area contributed by atoms with Crippen LogP contribution in [0, 0.1) is 5.92 Å². The maximum atomic E-state index is 12.1. The molecule has 2 N–H and O–H groups in total. The summed E-state index contributed by atoms with van der Waals surface area (Å²) < 4.78 is 5.32. The van der Waals surface area contributed by atoms with Crippen molar-refractivity contribution in [3.8, 4) is 0 Å². The molecule has 1 aliphatic rings. The Labute approximate surface area is 140 Å². The quantitative estimate of drug-likeness (QED) is 0.860. The molecular weight excluding hydrogens is 325 g/mol. The molecule has 22 heavy (non-hydrogen) atoms. The minimum absolute atomic E-state index is 0.00969. The highest BCUT2D eigenvalue weighted by atomic mass is 35.5. The van der Waals surface area contributed by atoms with Crippen LogP contribution in [0.1, 0.15) is 37.9 Å². The monoisotopic (exact) mass is 345 g/mol. The standard InChI is InChI=1S/C16H21Cl2NO3/c1-10(11-2-4-22-5-3-11)19-16(21)9-15(20)12-6-13(17)8-14(18)7-12/h6-8,10-11,15,20H,2-5,9H2,1H3,(H,19,21). The van der Waals surface area contributed by atoms with E-state index in [9.17, 15) is 9.90 Å². The lowest BCUT2D eigenvalue weighted by molar-refractivity contribution is -0.124. The first-order valence-electron chi connectivity index (χ1n) is 7.47. The summed E-state index contributed by atoms with van der Waals surface area (Å²) in [6, 6.07) is 4.90. The van der Waals surface area contributed by atoms with Crippen molar-refractivity contribution in [3.63, 3.8) is 0 Å². The molecule has 1 aromatic carbocycles. The van der Waals surface area contributed by atoms with Gasteiger partial charge in [0.1, 0.15) is 0 Å². The predicted octanol–water partition coefficient (Wildman–Crippen LogP) is 3.35. The first-order valence-corrected chi connectivity index (χ1v) is 8.22. The van der Waals surface area contributed by atoms with Gasteiger partial charge in [0.05, 0.1) is 12.5 Å². The number of amides is 1. The SMILES string of the molecule is CC(NC(=O)CC(O)c1cc(Cl)cc(Cl)c1)C1CCOCC1. The minimum Gasteiger partial charge on any atom is -0.388 e. The fourth-order valence-corrected chi connectivity index (χ4v) is 3.25. The summed E-state index contributed by atoms with van der Waals surface area (Å²) in [5.41, 5.74) is 0.548. The lowest BCUT2D eigenvalue weighted by atomic mass is 9.92. The van der Waals surface area contributed by atoms with Crippen LogP contribution in [0.3, 0.4) is 0 Å². The molecule has 6 heteroatoms. The van der Waals surface area contributed by atoms with Gasteiger partial charge in [-0.05, 0) is 49.4 Å². The highest BCUT2D eigenvalue weighted by Gasteiger charge is 2.23. The minimum atomic E-state index is -0.918. The second-order valence-corrected chi connectivity index (χ2v) is 6.60. The van der Waals surface area contributed by atoms with Gasteiger partial charge >= 0.3 is 0 Å². The summed E-state index contributed by atoms with van der Waals surface area (Å²) in [6.45, 7) is 3.49. The van der Waals surface area contributed by atoms with Crippen LogP contribution in [-0.2, 0) is 9.53 Å². The number of hydrogen-bond donors (Lipinski definition) is 2. The Morgan fingerprint density at radius 2 is 1.91 bits per heavy atom. The summed E-state index contributed by atoms with van der Waals surface area (Å²) >= 11 is 11.8. The first-order chi connectivity index (χ1) is 10.5. The topological polar surface area (TPSA) is 58.6 Å². The van der Waals surface area contributed by atoms with Gasteiger partial charge in [-0.1, -0.05) is 23.2 Å². The second-order valence-electron chi connectivity index (χ2n) is 5.73. The van der Waals surface area contributed by atoms with E-state index in [1.54, 1.807) is 18.2 Å². The van der Waals surface area contributed by atoms with E-state index in [-0.39, 0.29) is 18.4 Å². The highest BCUT2D eigenvalue weighted by Crippen LogP contribution is 2.25.